The highest BCUT2D eigenvalue weighted by Crippen LogP contribution is 2.41. The number of ether oxygens (including phenoxy) is 1. The fraction of sp³-hybridized carbons (Fsp3) is 0.318. The summed E-state index contributed by atoms with van der Waals surface area (Å²) in [7, 11) is 0. The Kier molecular flexibility index (Phi) is 5.34. The molecular formula is C22H22N2O5S. The van der Waals surface area contributed by atoms with Crippen molar-refractivity contribution in [2.24, 2.45) is 5.92 Å². The largest absolute Gasteiger partial charge is 0.506 e. The second-order valence-corrected chi connectivity index (χ2v) is 8.59. The summed E-state index contributed by atoms with van der Waals surface area (Å²) >= 11 is 1.47. The summed E-state index contributed by atoms with van der Waals surface area (Å²) < 4.78 is 4.96. The van der Waals surface area contributed by atoms with Gasteiger partial charge in [0, 0.05) is 10.6 Å². The minimum atomic E-state index is -0.735. The number of hydrogen-bond donors (Lipinski definition) is 3. The summed E-state index contributed by atoms with van der Waals surface area (Å²) in [5, 5.41) is 14.0. The van der Waals surface area contributed by atoms with Gasteiger partial charge in [0.15, 0.2) is 0 Å². The molecule has 1 atom stereocenters. The first-order valence-electron chi connectivity index (χ1n) is 9.87. The van der Waals surface area contributed by atoms with Gasteiger partial charge >= 0.3 is 5.97 Å². The summed E-state index contributed by atoms with van der Waals surface area (Å²) in [6.45, 7) is 4.13. The van der Waals surface area contributed by atoms with Crippen molar-refractivity contribution < 1.29 is 19.4 Å². The second kappa shape index (κ2) is 7.95. The Morgan fingerprint density at radius 3 is 2.93 bits per heavy atom. The van der Waals surface area contributed by atoms with Crippen LogP contribution in [0.1, 0.15) is 51.4 Å². The van der Waals surface area contributed by atoms with Crippen LogP contribution >= 0.6 is 11.3 Å². The fourth-order valence-corrected chi connectivity index (χ4v) is 5.24. The Bertz CT molecular complexity index is 1210. The maximum atomic E-state index is 12.8. The normalized spacial score (nSPS) is 15.6. The molecule has 7 nitrogen and oxygen atoms in total. The lowest BCUT2D eigenvalue weighted by molar-refractivity contribution is 0.0526. The molecule has 30 heavy (non-hydrogen) atoms. The van der Waals surface area contributed by atoms with Crippen molar-refractivity contribution in [2.75, 3.05) is 11.9 Å². The van der Waals surface area contributed by atoms with Gasteiger partial charge < -0.3 is 20.1 Å². The van der Waals surface area contributed by atoms with Gasteiger partial charge in [-0.15, -0.1) is 11.3 Å². The van der Waals surface area contributed by atoms with Crippen molar-refractivity contribution in [1.82, 2.24) is 4.98 Å². The number of aromatic hydroxyl groups is 1. The molecule has 1 amide bonds. The summed E-state index contributed by atoms with van der Waals surface area (Å²) in [4.78, 5) is 41.8. The summed E-state index contributed by atoms with van der Waals surface area (Å²) in [6, 6.07) is 6.24. The van der Waals surface area contributed by atoms with E-state index >= 15 is 0 Å². The molecule has 0 spiro atoms. The van der Waals surface area contributed by atoms with Gasteiger partial charge in [0.1, 0.15) is 16.1 Å². The number of hydrogen-bond acceptors (Lipinski definition) is 6. The Morgan fingerprint density at radius 2 is 2.17 bits per heavy atom. The van der Waals surface area contributed by atoms with E-state index in [-0.39, 0.29) is 23.5 Å². The van der Waals surface area contributed by atoms with Crippen LogP contribution in [0.2, 0.25) is 0 Å². The highest BCUT2D eigenvalue weighted by atomic mass is 32.1. The van der Waals surface area contributed by atoms with Crippen LogP contribution in [-0.4, -0.2) is 28.6 Å². The molecule has 0 aliphatic heterocycles. The molecular weight excluding hydrogens is 404 g/mol. The average molecular weight is 426 g/mol. The lowest BCUT2D eigenvalue weighted by Gasteiger charge is -2.18. The number of benzene rings is 1. The van der Waals surface area contributed by atoms with Crippen LogP contribution in [0, 0.1) is 5.92 Å². The topological polar surface area (TPSA) is 108 Å². The van der Waals surface area contributed by atoms with Gasteiger partial charge in [-0.1, -0.05) is 13.0 Å². The van der Waals surface area contributed by atoms with E-state index in [4.69, 9.17) is 4.74 Å². The quantitative estimate of drug-likeness (QED) is 0.549. The Balaban J connectivity index is 1.70. The van der Waals surface area contributed by atoms with Crippen molar-refractivity contribution in [3.8, 4) is 5.75 Å². The molecule has 0 radical (unpaired) electrons. The Morgan fingerprint density at radius 1 is 1.37 bits per heavy atom. The Hall–Kier alpha value is -3.13. The molecule has 0 fully saturated rings. The number of nitrogens with one attached hydrogen (secondary N) is 2. The molecule has 1 aliphatic rings. The molecule has 0 unspecified atom stereocenters. The molecule has 2 aromatic heterocycles. The molecule has 0 saturated heterocycles. The molecule has 2 heterocycles. The third-order valence-electron chi connectivity index (χ3n) is 5.30. The first-order chi connectivity index (χ1) is 14.4. The molecule has 4 rings (SSSR count). The van der Waals surface area contributed by atoms with E-state index < -0.39 is 17.4 Å². The van der Waals surface area contributed by atoms with Crippen LogP contribution in [-0.2, 0) is 17.6 Å². The highest BCUT2D eigenvalue weighted by Gasteiger charge is 2.27. The van der Waals surface area contributed by atoms with Crippen molar-refractivity contribution in [3.05, 3.63) is 56.2 Å². The monoisotopic (exact) mass is 426 g/mol. The van der Waals surface area contributed by atoms with E-state index in [9.17, 15) is 19.5 Å². The number of rotatable bonds is 4. The molecule has 1 aromatic carbocycles. The number of H-pyrrole nitrogens is 1. The predicted octanol–water partition coefficient (Wildman–Crippen LogP) is 3.85. The van der Waals surface area contributed by atoms with Crippen LogP contribution in [0.5, 0.6) is 5.75 Å². The third-order valence-corrected chi connectivity index (χ3v) is 6.47. The minimum absolute atomic E-state index is 0.239. The van der Waals surface area contributed by atoms with Crippen LogP contribution in [0.3, 0.4) is 0 Å². The zero-order chi connectivity index (χ0) is 21.4. The number of aromatic amines is 1. The lowest BCUT2D eigenvalue weighted by atomic mass is 9.89. The number of pyridine rings is 1. The van der Waals surface area contributed by atoms with Crippen molar-refractivity contribution in [1.29, 1.82) is 0 Å². The number of carbonyl (C=O) groups excluding carboxylic acids is 2. The molecule has 1 aliphatic carbocycles. The standard InChI is InChI=1S/C22H22N2O5S/c1-3-29-22(28)12-5-4-6-13(10-12)23-19(26)17-18(25)16-14-8-7-11(2)9-15(14)30-21(16)24-20(17)27/h4-6,10-11H,3,7-9H2,1-2H3,(H,23,26)(H2,24,25,27)/t11-/m1/s1. The SMILES string of the molecule is CCOC(=O)c1cccc(NC(=O)c2c(O)c3c4c(sc3[nH]c2=O)C[C@H](C)CC4)c1. The van der Waals surface area contributed by atoms with Crippen molar-refractivity contribution in [2.45, 2.75) is 33.1 Å². The van der Waals surface area contributed by atoms with Gasteiger partial charge in [0.05, 0.1) is 17.6 Å². The van der Waals surface area contributed by atoms with Gasteiger partial charge in [0.2, 0.25) is 0 Å². The summed E-state index contributed by atoms with van der Waals surface area (Å²) in [5.74, 6) is -0.982. The van der Waals surface area contributed by atoms with Gasteiger partial charge in [-0.25, -0.2) is 4.79 Å². The number of aromatic nitrogens is 1. The number of aryl methyl sites for hydroxylation is 1. The number of fused-ring (bicyclic) bond motifs is 3. The number of anilines is 1. The van der Waals surface area contributed by atoms with E-state index in [2.05, 4.69) is 17.2 Å². The second-order valence-electron chi connectivity index (χ2n) is 7.49. The number of carbonyl (C=O) groups is 2. The maximum absolute atomic E-state index is 12.8. The van der Waals surface area contributed by atoms with E-state index in [1.807, 2.05) is 0 Å². The fourth-order valence-electron chi connectivity index (χ4n) is 3.83. The van der Waals surface area contributed by atoms with Crippen LogP contribution in [0.15, 0.2) is 29.1 Å². The maximum Gasteiger partial charge on any atom is 0.338 e. The van der Waals surface area contributed by atoms with Gasteiger partial charge in [0.25, 0.3) is 11.5 Å². The molecule has 3 N–H and O–H groups in total. The average Bonchev–Trinajstić information content (AvgIpc) is 3.05. The number of thiophene rings is 1. The highest BCUT2D eigenvalue weighted by molar-refractivity contribution is 7.18. The zero-order valence-corrected chi connectivity index (χ0v) is 17.5. The molecule has 0 bridgehead atoms. The summed E-state index contributed by atoms with van der Waals surface area (Å²) in [6.07, 6.45) is 2.71. The van der Waals surface area contributed by atoms with Gasteiger partial charge in [-0.05, 0) is 55.9 Å². The predicted molar refractivity (Wildman–Crippen MR) is 116 cm³/mol. The summed E-state index contributed by atoms with van der Waals surface area (Å²) in [5.41, 5.74) is 0.643. The number of esters is 1. The minimum Gasteiger partial charge on any atom is -0.506 e. The third kappa shape index (κ3) is 3.59. The van der Waals surface area contributed by atoms with E-state index in [1.54, 1.807) is 25.1 Å². The zero-order valence-electron chi connectivity index (χ0n) is 16.7. The molecule has 156 valence electrons. The van der Waals surface area contributed by atoms with Crippen molar-refractivity contribution >= 4 is 39.1 Å². The first-order valence-corrected chi connectivity index (χ1v) is 10.7. The first kappa shape index (κ1) is 20.2. The van der Waals surface area contributed by atoms with Crippen LogP contribution in [0.4, 0.5) is 5.69 Å². The van der Waals surface area contributed by atoms with Crippen molar-refractivity contribution in [3.63, 3.8) is 0 Å². The van der Waals surface area contributed by atoms with E-state index in [0.29, 0.717) is 21.8 Å². The molecule has 8 heteroatoms. The van der Waals surface area contributed by atoms with E-state index in [0.717, 1.165) is 29.7 Å². The van der Waals surface area contributed by atoms with Gasteiger partial charge in [-0.2, -0.15) is 0 Å². The van der Waals surface area contributed by atoms with Crippen LogP contribution in [0.25, 0.3) is 10.2 Å². The van der Waals surface area contributed by atoms with Gasteiger partial charge in [-0.3, -0.25) is 9.59 Å². The Labute approximate surface area is 176 Å². The van der Waals surface area contributed by atoms with E-state index in [1.165, 1.54) is 17.4 Å². The molecule has 3 aromatic rings. The smallest absolute Gasteiger partial charge is 0.338 e. The molecule has 0 saturated carbocycles. The van der Waals surface area contributed by atoms with Crippen LogP contribution < -0.4 is 10.9 Å². The number of amides is 1. The lowest BCUT2D eigenvalue weighted by Crippen LogP contribution is -2.23.